The van der Waals surface area contributed by atoms with Gasteiger partial charge in [0, 0.05) is 5.69 Å². The first-order chi connectivity index (χ1) is 11.1. The first-order valence-corrected chi connectivity index (χ1v) is 7.13. The van der Waals surface area contributed by atoms with Gasteiger partial charge in [0.1, 0.15) is 5.75 Å². The number of hydrogen-bond acceptors (Lipinski definition) is 4. The molecule has 2 rings (SSSR count). The van der Waals surface area contributed by atoms with E-state index in [4.69, 9.17) is 4.74 Å². The van der Waals surface area contributed by atoms with E-state index in [1.165, 1.54) is 0 Å². The number of ether oxygens (including phenoxy) is 1. The maximum absolute atomic E-state index is 11.8. The van der Waals surface area contributed by atoms with Crippen molar-refractivity contribution < 1.29 is 14.3 Å². The SMILES string of the molecule is COc1ccc(C)cc1NCC(=O)NC(=O)Nc1ccccc1. The summed E-state index contributed by atoms with van der Waals surface area (Å²) in [5.41, 5.74) is 2.35. The van der Waals surface area contributed by atoms with Crippen LogP contribution >= 0.6 is 0 Å². The Morgan fingerprint density at radius 3 is 2.52 bits per heavy atom. The van der Waals surface area contributed by atoms with Crippen LogP contribution in [0.1, 0.15) is 5.56 Å². The van der Waals surface area contributed by atoms with Crippen LogP contribution in [0.3, 0.4) is 0 Å². The van der Waals surface area contributed by atoms with Gasteiger partial charge in [-0.3, -0.25) is 10.1 Å². The Balaban J connectivity index is 1.85. The molecule has 120 valence electrons. The minimum absolute atomic E-state index is 0.0397. The van der Waals surface area contributed by atoms with Crippen molar-refractivity contribution in [2.45, 2.75) is 6.92 Å². The normalized spacial score (nSPS) is 9.83. The summed E-state index contributed by atoms with van der Waals surface area (Å²) in [6, 6.07) is 13.9. The Morgan fingerprint density at radius 1 is 1.09 bits per heavy atom. The lowest BCUT2D eigenvalue weighted by Crippen LogP contribution is -2.38. The lowest BCUT2D eigenvalue weighted by molar-refractivity contribution is -0.118. The second-order valence-corrected chi connectivity index (χ2v) is 4.93. The fourth-order valence-corrected chi connectivity index (χ4v) is 1.99. The number of urea groups is 1. The average Bonchev–Trinajstić information content (AvgIpc) is 2.54. The molecule has 0 heterocycles. The van der Waals surface area contributed by atoms with E-state index < -0.39 is 11.9 Å². The number of rotatable bonds is 5. The quantitative estimate of drug-likeness (QED) is 0.793. The summed E-state index contributed by atoms with van der Waals surface area (Å²) in [4.78, 5) is 23.5. The number of nitrogens with one attached hydrogen (secondary N) is 3. The standard InChI is InChI=1S/C17H19N3O3/c1-12-8-9-15(23-2)14(10-12)18-11-16(21)20-17(22)19-13-6-4-3-5-7-13/h3-10,18H,11H2,1-2H3,(H2,19,20,21,22). The average molecular weight is 313 g/mol. The maximum atomic E-state index is 11.8. The summed E-state index contributed by atoms with van der Waals surface area (Å²) >= 11 is 0. The molecular formula is C17H19N3O3. The van der Waals surface area contributed by atoms with Crippen molar-refractivity contribution in [1.82, 2.24) is 5.32 Å². The predicted molar refractivity (Wildman–Crippen MR) is 89.8 cm³/mol. The molecule has 0 aromatic heterocycles. The first kappa shape index (κ1) is 16.4. The highest BCUT2D eigenvalue weighted by Gasteiger charge is 2.09. The van der Waals surface area contributed by atoms with Crippen LogP contribution in [0.4, 0.5) is 16.2 Å². The monoisotopic (exact) mass is 313 g/mol. The topological polar surface area (TPSA) is 79.5 Å². The van der Waals surface area contributed by atoms with E-state index in [9.17, 15) is 9.59 Å². The zero-order chi connectivity index (χ0) is 16.7. The number of hydrogen-bond donors (Lipinski definition) is 3. The van der Waals surface area contributed by atoms with Gasteiger partial charge in [0.15, 0.2) is 0 Å². The fraction of sp³-hybridized carbons (Fsp3) is 0.176. The van der Waals surface area contributed by atoms with Gasteiger partial charge < -0.3 is 15.4 Å². The van der Waals surface area contributed by atoms with E-state index in [0.29, 0.717) is 17.1 Å². The first-order valence-electron chi connectivity index (χ1n) is 7.13. The van der Waals surface area contributed by atoms with E-state index in [0.717, 1.165) is 5.56 Å². The highest BCUT2D eigenvalue weighted by atomic mass is 16.5. The van der Waals surface area contributed by atoms with Gasteiger partial charge in [0.05, 0.1) is 19.3 Å². The van der Waals surface area contributed by atoms with Gasteiger partial charge in [-0.2, -0.15) is 0 Å². The van der Waals surface area contributed by atoms with Crippen LogP contribution < -0.4 is 20.7 Å². The van der Waals surface area contributed by atoms with Crippen LogP contribution in [-0.4, -0.2) is 25.6 Å². The third-order valence-corrected chi connectivity index (χ3v) is 3.08. The Kier molecular flexibility index (Phi) is 5.57. The number of para-hydroxylation sites is 1. The van der Waals surface area contributed by atoms with Crippen LogP contribution in [-0.2, 0) is 4.79 Å². The van der Waals surface area contributed by atoms with Gasteiger partial charge in [-0.25, -0.2) is 4.79 Å². The molecule has 2 aromatic rings. The lowest BCUT2D eigenvalue weighted by Gasteiger charge is -2.12. The van der Waals surface area contributed by atoms with E-state index in [1.54, 1.807) is 31.4 Å². The molecule has 0 atom stereocenters. The number of amides is 3. The number of benzene rings is 2. The highest BCUT2D eigenvalue weighted by Crippen LogP contribution is 2.24. The van der Waals surface area contributed by atoms with Crippen molar-refractivity contribution in [3.63, 3.8) is 0 Å². The van der Waals surface area contributed by atoms with Crippen molar-refractivity contribution in [3.8, 4) is 5.75 Å². The van der Waals surface area contributed by atoms with Gasteiger partial charge in [0.2, 0.25) is 5.91 Å². The molecule has 0 radical (unpaired) electrons. The largest absolute Gasteiger partial charge is 0.495 e. The predicted octanol–water partition coefficient (Wildman–Crippen LogP) is 2.76. The van der Waals surface area contributed by atoms with Gasteiger partial charge in [-0.05, 0) is 36.8 Å². The summed E-state index contributed by atoms with van der Waals surface area (Å²) < 4.78 is 5.22. The molecule has 0 fully saturated rings. The number of carbonyl (C=O) groups is 2. The van der Waals surface area contributed by atoms with Crippen molar-refractivity contribution in [2.24, 2.45) is 0 Å². The number of aryl methyl sites for hydroxylation is 1. The zero-order valence-electron chi connectivity index (χ0n) is 13.1. The Bertz CT molecular complexity index is 687. The van der Waals surface area contributed by atoms with Gasteiger partial charge in [-0.1, -0.05) is 24.3 Å². The summed E-state index contributed by atoms with van der Waals surface area (Å²) in [7, 11) is 1.56. The third-order valence-electron chi connectivity index (χ3n) is 3.08. The second-order valence-electron chi connectivity index (χ2n) is 4.93. The zero-order valence-corrected chi connectivity index (χ0v) is 13.1. The van der Waals surface area contributed by atoms with E-state index in [1.807, 2.05) is 31.2 Å². The lowest BCUT2D eigenvalue weighted by atomic mass is 10.2. The second kappa shape index (κ2) is 7.84. The van der Waals surface area contributed by atoms with Crippen molar-refractivity contribution in [3.05, 3.63) is 54.1 Å². The van der Waals surface area contributed by atoms with Gasteiger partial charge in [-0.15, -0.1) is 0 Å². The Labute approximate surface area is 134 Å². The van der Waals surface area contributed by atoms with Crippen molar-refractivity contribution in [2.75, 3.05) is 24.3 Å². The van der Waals surface area contributed by atoms with Crippen molar-refractivity contribution >= 4 is 23.3 Å². The molecule has 0 bridgehead atoms. The molecule has 0 aliphatic heterocycles. The molecule has 0 saturated heterocycles. The molecule has 3 amide bonds. The minimum Gasteiger partial charge on any atom is -0.495 e. The number of anilines is 2. The molecule has 2 aromatic carbocycles. The van der Waals surface area contributed by atoms with E-state index in [-0.39, 0.29) is 6.54 Å². The molecule has 6 heteroatoms. The van der Waals surface area contributed by atoms with Crippen LogP contribution in [0.15, 0.2) is 48.5 Å². The molecule has 6 nitrogen and oxygen atoms in total. The minimum atomic E-state index is -0.570. The maximum Gasteiger partial charge on any atom is 0.325 e. The molecule has 23 heavy (non-hydrogen) atoms. The Hall–Kier alpha value is -3.02. The number of methoxy groups -OCH3 is 1. The molecule has 0 saturated carbocycles. The van der Waals surface area contributed by atoms with Gasteiger partial charge >= 0.3 is 6.03 Å². The number of imide groups is 1. The molecule has 3 N–H and O–H groups in total. The van der Waals surface area contributed by atoms with Crippen LogP contribution in [0.2, 0.25) is 0 Å². The fourth-order valence-electron chi connectivity index (χ4n) is 1.99. The molecule has 0 spiro atoms. The van der Waals surface area contributed by atoms with Crippen LogP contribution in [0.5, 0.6) is 5.75 Å². The van der Waals surface area contributed by atoms with E-state index >= 15 is 0 Å². The summed E-state index contributed by atoms with van der Waals surface area (Å²) in [6.45, 7) is 1.90. The number of carbonyl (C=O) groups excluding carboxylic acids is 2. The molecular weight excluding hydrogens is 294 g/mol. The third kappa shape index (κ3) is 5.03. The molecule has 0 aliphatic carbocycles. The van der Waals surface area contributed by atoms with E-state index in [2.05, 4.69) is 16.0 Å². The summed E-state index contributed by atoms with van der Waals surface area (Å²) in [5.74, 6) is 0.194. The Morgan fingerprint density at radius 2 is 1.83 bits per heavy atom. The summed E-state index contributed by atoms with van der Waals surface area (Å²) in [6.07, 6.45) is 0. The molecule has 0 unspecified atom stereocenters. The smallest absolute Gasteiger partial charge is 0.325 e. The summed E-state index contributed by atoms with van der Waals surface area (Å²) in [5, 5.41) is 7.79. The molecule has 0 aliphatic rings. The van der Waals surface area contributed by atoms with Gasteiger partial charge in [0.25, 0.3) is 0 Å². The highest BCUT2D eigenvalue weighted by molar-refractivity contribution is 6.02. The van der Waals surface area contributed by atoms with Crippen molar-refractivity contribution in [1.29, 1.82) is 0 Å². The van der Waals surface area contributed by atoms with Crippen LogP contribution in [0, 0.1) is 6.92 Å². The van der Waals surface area contributed by atoms with Crippen LogP contribution in [0.25, 0.3) is 0 Å².